The summed E-state index contributed by atoms with van der Waals surface area (Å²) in [5.41, 5.74) is 2.71. The van der Waals surface area contributed by atoms with Crippen molar-refractivity contribution in [3.05, 3.63) is 95.7 Å². The van der Waals surface area contributed by atoms with Crippen LogP contribution >= 0.6 is 0 Å². The fourth-order valence-corrected chi connectivity index (χ4v) is 6.70. The zero-order valence-corrected chi connectivity index (χ0v) is 30.3. The third-order valence-electron chi connectivity index (χ3n) is 8.94. The van der Waals surface area contributed by atoms with Gasteiger partial charge in [0.25, 0.3) is 0 Å². The third kappa shape index (κ3) is 9.04. The normalized spacial score (nSPS) is 15.2. The first-order valence-electron chi connectivity index (χ1n) is 17.5. The first kappa shape index (κ1) is 36.5. The summed E-state index contributed by atoms with van der Waals surface area (Å²) >= 11 is 0. The van der Waals surface area contributed by atoms with Gasteiger partial charge in [0.1, 0.15) is 29.2 Å². The molecule has 2 atom stereocenters. The molecule has 10 heteroatoms. The smallest absolute Gasteiger partial charge is 0.408 e. The molecule has 1 unspecified atom stereocenters. The van der Waals surface area contributed by atoms with Gasteiger partial charge in [0.05, 0.1) is 0 Å². The Hall–Kier alpha value is -4.83. The fraction of sp³-hybridized carbons (Fsp3) is 0.425. The average molecular weight is 682 g/mol. The van der Waals surface area contributed by atoms with Gasteiger partial charge in [0.15, 0.2) is 0 Å². The number of fused-ring (bicyclic) bond motifs is 2. The van der Waals surface area contributed by atoms with E-state index in [0.29, 0.717) is 43.1 Å². The van der Waals surface area contributed by atoms with E-state index in [1.807, 2.05) is 79.0 Å². The molecule has 266 valence electrons. The zero-order valence-electron chi connectivity index (χ0n) is 30.3. The quantitative estimate of drug-likeness (QED) is 0.152. The Kier molecular flexibility index (Phi) is 11.5. The predicted octanol–water partition coefficient (Wildman–Crippen LogP) is 6.76. The average Bonchev–Trinajstić information content (AvgIpc) is 3.47. The van der Waals surface area contributed by atoms with Crippen molar-refractivity contribution in [2.45, 2.75) is 91.1 Å². The highest BCUT2D eigenvalue weighted by atomic mass is 16.6. The monoisotopic (exact) mass is 681 g/mol. The summed E-state index contributed by atoms with van der Waals surface area (Å²) in [6.07, 6.45) is 1.89. The van der Waals surface area contributed by atoms with Crippen LogP contribution in [0.5, 0.6) is 11.5 Å². The van der Waals surface area contributed by atoms with E-state index < -0.39 is 23.8 Å². The van der Waals surface area contributed by atoms with E-state index in [0.717, 1.165) is 27.6 Å². The molecule has 3 N–H and O–H groups in total. The van der Waals surface area contributed by atoms with E-state index >= 15 is 0 Å². The van der Waals surface area contributed by atoms with Crippen LogP contribution in [0.4, 0.5) is 4.79 Å². The number of ether oxygens (including phenoxy) is 2. The van der Waals surface area contributed by atoms with Gasteiger partial charge in [-0.15, -0.1) is 0 Å². The molecule has 50 heavy (non-hydrogen) atoms. The number of nitrogens with zero attached hydrogens (tertiary/aromatic N) is 2. The number of carbonyl (C=O) groups is 3. The molecule has 0 saturated carbocycles. The van der Waals surface area contributed by atoms with E-state index in [4.69, 9.17) is 9.47 Å². The van der Waals surface area contributed by atoms with Crippen LogP contribution in [0.3, 0.4) is 0 Å². The molecule has 1 aromatic heterocycles. The van der Waals surface area contributed by atoms with Gasteiger partial charge in [0, 0.05) is 55.2 Å². The Morgan fingerprint density at radius 1 is 0.940 bits per heavy atom. The fourth-order valence-electron chi connectivity index (χ4n) is 6.70. The summed E-state index contributed by atoms with van der Waals surface area (Å²) in [6.45, 7) is 15.3. The van der Waals surface area contributed by atoms with Crippen molar-refractivity contribution < 1.29 is 23.9 Å². The van der Waals surface area contributed by atoms with Gasteiger partial charge in [0.2, 0.25) is 11.8 Å². The second kappa shape index (κ2) is 15.8. The van der Waals surface area contributed by atoms with Crippen LogP contribution in [-0.4, -0.2) is 76.1 Å². The minimum atomic E-state index is -0.987. The SMILES string of the molecule is CC(C)N(CCNC(=O)C1c2ccc(Oc3ccccc3)cc2CCN1C(=O)[C@@H](Cc1c[nH]c2ccccc12)NC(=O)OC(C)(C)C)C(C)C. The Labute approximate surface area is 295 Å². The summed E-state index contributed by atoms with van der Waals surface area (Å²) in [4.78, 5) is 49.3. The molecule has 0 fully saturated rings. The maximum Gasteiger partial charge on any atom is 0.408 e. The molecule has 0 radical (unpaired) electrons. The van der Waals surface area contributed by atoms with Gasteiger partial charge in [-0.05, 0) is 102 Å². The van der Waals surface area contributed by atoms with Gasteiger partial charge < -0.3 is 30.0 Å². The predicted molar refractivity (Wildman–Crippen MR) is 196 cm³/mol. The molecule has 3 amide bonds. The number of carbonyl (C=O) groups excluding carboxylic acids is 3. The first-order chi connectivity index (χ1) is 23.8. The molecule has 0 saturated heterocycles. The number of benzene rings is 3. The van der Waals surface area contributed by atoms with E-state index in [1.54, 1.807) is 25.7 Å². The lowest BCUT2D eigenvalue weighted by atomic mass is 9.90. The van der Waals surface area contributed by atoms with Crippen LogP contribution in [0.1, 0.15) is 71.2 Å². The standard InChI is InChI=1S/C40H51N5O5/c1-26(2)44(27(3)4)22-20-41-37(46)36-33-18-17-31(49-30-13-9-8-10-14-30)23-28(33)19-21-45(36)38(47)35(43-39(48)50-40(5,6)7)24-29-25-42-34-16-12-11-15-32(29)34/h8-18,23,25-27,35-36,42H,19-22,24H2,1-7H3,(H,41,46)(H,43,48)/t35-,36?/m1/s1. The van der Waals surface area contributed by atoms with Crippen LogP contribution in [0.15, 0.2) is 79.0 Å². The minimum absolute atomic E-state index is 0.210. The van der Waals surface area contributed by atoms with Gasteiger partial charge in [-0.2, -0.15) is 0 Å². The molecule has 1 aliphatic rings. The molecular formula is C40H51N5O5. The van der Waals surface area contributed by atoms with E-state index in [2.05, 4.69) is 48.2 Å². The minimum Gasteiger partial charge on any atom is -0.457 e. The molecular weight excluding hydrogens is 630 g/mol. The van der Waals surface area contributed by atoms with Crippen molar-refractivity contribution in [3.63, 3.8) is 0 Å². The summed E-state index contributed by atoms with van der Waals surface area (Å²) in [6, 6.07) is 21.8. The van der Waals surface area contributed by atoms with Crippen LogP contribution in [0, 0.1) is 0 Å². The number of amides is 3. The highest BCUT2D eigenvalue weighted by Gasteiger charge is 2.40. The Morgan fingerprint density at radius 3 is 2.34 bits per heavy atom. The summed E-state index contributed by atoms with van der Waals surface area (Å²) in [5, 5.41) is 6.94. The zero-order chi connectivity index (χ0) is 36.0. The van der Waals surface area contributed by atoms with Crippen molar-refractivity contribution in [1.82, 2.24) is 25.4 Å². The van der Waals surface area contributed by atoms with Gasteiger partial charge in [-0.3, -0.25) is 14.5 Å². The molecule has 0 bridgehead atoms. The van der Waals surface area contributed by atoms with E-state index in [9.17, 15) is 14.4 Å². The molecule has 2 heterocycles. The van der Waals surface area contributed by atoms with Crippen LogP contribution in [0.2, 0.25) is 0 Å². The first-order valence-corrected chi connectivity index (χ1v) is 17.5. The molecule has 10 nitrogen and oxygen atoms in total. The highest BCUT2D eigenvalue weighted by Crippen LogP contribution is 2.35. The number of para-hydroxylation sites is 2. The number of hydrogen-bond donors (Lipinski definition) is 3. The van der Waals surface area contributed by atoms with Gasteiger partial charge in [-0.1, -0.05) is 42.5 Å². The number of rotatable bonds is 12. The number of alkyl carbamates (subject to hydrolysis) is 1. The van der Waals surface area contributed by atoms with E-state index in [-0.39, 0.29) is 24.8 Å². The van der Waals surface area contributed by atoms with Crippen molar-refractivity contribution in [3.8, 4) is 11.5 Å². The number of nitrogens with one attached hydrogen (secondary N) is 3. The molecule has 1 aliphatic heterocycles. The maximum absolute atomic E-state index is 14.7. The Bertz CT molecular complexity index is 1770. The van der Waals surface area contributed by atoms with Gasteiger partial charge in [-0.25, -0.2) is 4.79 Å². The number of H-pyrrole nitrogens is 1. The highest BCUT2D eigenvalue weighted by molar-refractivity contribution is 5.93. The van der Waals surface area contributed by atoms with Crippen LogP contribution in [0.25, 0.3) is 10.9 Å². The largest absolute Gasteiger partial charge is 0.457 e. The van der Waals surface area contributed by atoms with Crippen LogP contribution < -0.4 is 15.4 Å². The van der Waals surface area contributed by atoms with Crippen molar-refractivity contribution in [1.29, 1.82) is 0 Å². The third-order valence-corrected chi connectivity index (χ3v) is 8.94. The van der Waals surface area contributed by atoms with Crippen LogP contribution in [-0.2, 0) is 27.2 Å². The summed E-state index contributed by atoms with van der Waals surface area (Å²) < 4.78 is 11.7. The topological polar surface area (TPSA) is 116 Å². The lowest BCUT2D eigenvalue weighted by Crippen LogP contribution is -2.55. The summed E-state index contributed by atoms with van der Waals surface area (Å²) in [7, 11) is 0. The second-order valence-electron chi connectivity index (χ2n) is 14.4. The lowest BCUT2D eigenvalue weighted by molar-refractivity contribution is -0.143. The van der Waals surface area contributed by atoms with E-state index in [1.165, 1.54) is 0 Å². The molecule has 0 spiro atoms. The molecule has 4 aromatic rings. The molecule has 5 rings (SSSR count). The number of aromatic nitrogens is 1. The van der Waals surface area contributed by atoms with Gasteiger partial charge >= 0.3 is 6.09 Å². The second-order valence-corrected chi connectivity index (χ2v) is 14.4. The van der Waals surface area contributed by atoms with Crippen molar-refractivity contribution in [2.24, 2.45) is 0 Å². The molecule has 0 aliphatic carbocycles. The van der Waals surface area contributed by atoms with Crippen molar-refractivity contribution in [2.75, 3.05) is 19.6 Å². The molecule has 3 aromatic carbocycles. The summed E-state index contributed by atoms with van der Waals surface area (Å²) in [5.74, 6) is 0.735. The number of aromatic amines is 1. The lowest BCUT2D eigenvalue weighted by Gasteiger charge is -2.39. The number of hydrogen-bond acceptors (Lipinski definition) is 6. The Balaban J connectivity index is 1.46. The maximum atomic E-state index is 14.7. The Morgan fingerprint density at radius 2 is 1.64 bits per heavy atom. The van der Waals surface area contributed by atoms with Crippen molar-refractivity contribution >= 4 is 28.8 Å².